The Labute approximate surface area is 85.9 Å². The average Bonchev–Trinajstić information content (AvgIpc) is 1.63. The van der Waals surface area contributed by atoms with Gasteiger partial charge in [-0.2, -0.15) is 0 Å². The Balaban J connectivity index is 0. The average molecular weight is 153 g/mol. The second kappa shape index (κ2) is 5.56. The van der Waals surface area contributed by atoms with Crippen molar-refractivity contribution >= 4 is 0 Å². The van der Waals surface area contributed by atoms with E-state index < -0.39 is 5.60 Å². The van der Waals surface area contributed by atoms with Crippen LogP contribution in [0.1, 0.15) is 20.3 Å². The van der Waals surface area contributed by atoms with E-state index in [4.69, 9.17) is 0 Å². The summed E-state index contributed by atoms with van der Waals surface area (Å²) in [6.45, 7) is 4.30. The SMILES string of the molecule is CCC(C)([O-])CN(C)C.[Na+]. The van der Waals surface area contributed by atoms with Gasteiger partial charge in [0.1, 0.15) is 0 Å². The van der Waals surface area contributed by atoms with Crippen LogP contribution in [-0.4, -0.2) is 31.1 Å². The first-order valence-electron chi connectivity index (χ1n) is 3.33. The summed E-state index contributed by atoms with van der Waals surface area (Å²) in [5.74, 6) is 0. The maximum atomic E-state index is 11.2. The largest absolute Gasteiger partial charge is 1.00 e. The van der Waals surface area contributed by atoms with E-state index in [1.165, 1.54) is 0 Å². The van der Waals surface area contributed by atoms with Gasteiger partial charge in [-0.3, -0.25) is 0 Å². The molecule has 0 saturated heterocycles. The Morgan fingerprint density at radius 3 is 1.90 bits per heavy atom. The smallest absolute Gasteiger partial charge is 0.849 e. The minimum atomic E-state index is -0.760. The van der Waals surface area contributed by atoms with Gasteiger partial charge in [0.25, 0.3) is 0 Å². The molecule has 1 unspecified atom stereocenters. The molecule has 0 aromatic carbocycles. The fourth-order valence-corrected chi connectivity index (χ4v) is 0.781. The molecule has 10 heavy (non-hydrogen) atoms. The van der Waals surface area contributed by atoms with Crippen LogP contribution >= 0.6 is 0 Å². The first-order chi connectivity index (χ1) is 3.98. The number of likely N-dealkylation sites (N-methyl/N-ethyl adjacent to an activating group) is 1. The van der Waals surface area contributed by atoms with E-state index in [1.807, 2.05) is 25.9 Å². The second-order valence-electron chi connectivity index (χ2n) is 3.04. The monoisotopic (exact) mass is 153 g/mol. The van der Waals surface area contributed by atoms with E-state index in [1.54, 1.807) is 6.92 Å². The summed E-state index contributed by atoms with van der Waals surface area (Å²) in [6.07, 6.45) is 0.700. The van der Waals surface area contributed by atoms with Gasteiger partial charge < -0.3 is 10.0 Å². The Morgan fingerprint density at radius 1 is 1.40 bits per heavy atom. The zero-order valence-corrected chi connectivity index (χ0v) is 9.77. The second-order valence-corrected chi connectivity index (χ2v) is 3.04. The summed E-state index contributed by atoms with van der Waals surface area (Å²) in [5.41, 5.74) is -0.760. The number of nitrogens with zero attached hydrogens (tertiary/aromatic N) is 1. The summed E-state index contributed by atoms with van der Waals surface area (Å²) in [7, 11) is 3.84. The van der Waals surface area contributed by atoms with E-state index in [0.717, 1.165) is 0 Å². The number of rotatable bonds is 3. The summed E-state index contributed by atoms with van der Waals surface area (Å²) in [4.78, 5) is 1.93. The third-order valence-electron chi connectivity index (χ3n) is 1.40. The van der Waals surface area contributed by atoms with E-state index >= 15 is 0 Å². The van der Waals surface area contributed by atoms with Gasteiger partial charge >= 0.3 is 29.6 Å². The Morgan fingerprint density at radius 2 is 1.80 bits per heavy atom. The molecule has 0 fully saturated rings. The van der Waals surface area contributed by atoms with Crippen molar-refractivity contribution in [1.82, 2.24) is 4.90 Å². The van der Waals surface area contributed by atoms with E-state index in [2.05, 4.69) is 0 Å². The van der Waals surface area contributed by atoms with Gasteiger partial charge in [0, 0.05) is 0 Å². The Kier molecular flexibility index (Phi) is 7.50. The van der Waals surface area contributed by atoms with Crippen LogP contribution in [0.5, 0.6) is 0 Å². The molecule has 0 aliphatic carbocycles. The van der Waals surface area contributed by atoms with E-state index in [0.29, 0.717) is 13.0 Å². The topological polar surface area (TPSA) is 26.3 Å². The minimum Gasteiger partial charge on any atom is -0.849 e. The quantitative estimate of drug-likeness (QED) is 0.406. The fraction of sp³-hybridized carbons (Fsp3) is 1.00. The molecule has 0 spiro atoms. The van der Waals surface area contributed by atoms with Crippen molar-refractivity contribution in [3.05, 3.63) is 0 Å². The molecule has 0 N–H and O–H groups in total. The molecule has 0 amide bonds. The van der Waals surface area contributed by atoms with Crippen molar-refractivity contribution in [2.24, 2.45) is 0 Å². The zero-order valence-electron chi connectivity index (χ0n) is 7.77. The third-order valence-corrected chi connectivity index (χ3v) is 1.40. The van der Waals surface area contributed by atoms with Crippen LogP contribution in [-0.2, 0) is 0 Å². The van der Waals surface area contributed by atoms with Crippen LogP contribution < -0.4 is 34.7 Å². The molecule has 3 heteroatoms. The third kappa shape index (κ3) is 7.03. The van der Waals surface area contributed by atoms with Crippen molar-refractivity contribution in [3.63, 3.8) is 0 Å². The van der Waals surface area contributed by atoms with Crippen molar-refractivity contribution in [2.75, 3.05) is 20.6 Å². The molecule has 0 aliphatic rings. The van der Waals surface area contributed by atoms with E-state index in [-0.39, 0.29) is 29.6 Å². The standard InChI is InChI=1S/C7H16NO.Na/c1-5-7(2,9)6-8(3)4;/h5-6H2,1-4H3;/q-1;+1. The molecule has 0 saturated carbocycles. The fourth-order valence-electron chi connectivity index (χ4n) is 0.781. The molecule has 0 rings (SSSR count). The first-order valence-corrected chi connectivity index (χ1v) is 3.33. The van der Waals surface area contributed by atoms with Crippen LogP contribution in [0.15, 0.2) is 0 Å². The van der Waals surface area contributed by atoms with Gasteiger partial charge in [-0.25, -0.2) is 0 Å². The first kappa shape index (κ1) is 13.5. The molecule has 0 aromatic rings. The van der Waals surface area contributed by atoms with Gasteiger partial charge in [0.15, 0.2) is 0 Å². The molecular formula is C7H16NNaO. The zero-order chi connectivity index (χ0) is 7.49. The normalized spacial score (nSPS) is 16.2. The van der Waals surface area contributed by atoms with Crippen LogP contribution in [0.2, 0.25) is 0 Å². The molecule has 0 bridgehead atoms. The molecule has 56 valence electrons. The van der Waals surface area contributed by atoms with Gasteiger partial charge in [-0.1, -0.05) is 20.3 Å². The Bertz CT molecular complexity index is 83.7. The maximum absolute atomic E-state index is 11.2. The van der Waals surface area contributed by atoms with Gasteiger partial charge in [0.2, 0.25) is 0 Å². The molecule has 0 aliphatic heterocycles. The summed E-state index contributed by atoms with van der Waals surface area (Å²) in [6, 6.07) is 0. The van der Waals surface area contributed by atoms with Crippen molar-refractivity contribution in [1.29, 1.82) is 0 Å². The number of hydrogen-bond acceptors (Lipinski definition) is 2. The van der Waals surface area contributed by atoms with Gasteiger partial charge in [-0.05, 0) is 20.6 Å². The van der Waals surface area contributed by atoms with Crippen LogP contribution in [0.4, 0.5) is 0 Å². The molecule has 0 radical (unpaired) electrons. The van der Waals surface area contributed by atoms with E-state index in [9.17, 15) is 5.11 Å². The molecular weight excluding hydrogens is 137 g/mol. The van der Waals surface area contributed by atoms with Gasteiger partial charge in [-0.15, -0.1) is 5.60 Å². The summed E-state index contributed by atoms with van der Waals surface area (Å²) >= 11 is 0. The number of hydrogen-bond donors (Lipinski definition) is 0. The van der Waals surface area contributed by atoms with Crippen LogP contribution in [0.3, 0.4) is 0 Å². The summed E-state index contributed by atoms with van der Waals surface area (Å²) in [5, 5.41) is 11.2. The summed E-state index contributed by atoms with van der Waals surface area (Å²) < 4.78 is 0. The molecule has 0 heterocycles. The maximum Gasteiger partial charge on any atom is 1.00 e. The van der Waals surface area contributed by atoms with Crippen molar-refractivity contribution in [2.45, 2.75) is 25.9 Å². The van der Waals surface area contributed by atoms with Crippen LogP contribution in [0.25, 0.3) is 0 Å². The molecule has 1 atom stereocenters. The van der Waals surface area contributed by atoms with Gasteiger partial charge in [0.05, 0.1) is 0 Å². The van der Waals surface area contributed by atoms with Crippen molar-refractivity contribution in [3.8, 4) is 0 Å². The van der Waals surface area contributed by atoms with Crippen molar-refractivity contribution < 1.29 is 34.7 Å². The predicted molar refractivity (Wildman–Crippen MR) is 37.2 cm³/mol. The van der Waals surface area contributed by atoms with Crippen LogP contribution in [0, 0.1) is 0 Å². The molecule has 0 aromatic heterocycles. The Hall–Kier alpha value is 0.920. The predicted octanol–water partition coefficient (Wildman–Crippen LogP) is -2.92. The molecule has 2 nitrogen and oxygen atoms in total. The minimum absolute atomic E-state index is 0.